The summed E-state index contributed by atoms with van der Waals surface area (Å²) in [6.07, 6.45) is 0.795. The first-order chi connectivity index (χ1) is 7.40. The molecule has 0 radical (unpaired) electrons. The highest BCUT2D eigenvalue weighted by molar-refractivity contribution is 6.69. The van der Waals surface area contributed by atoms with Gasteiger partial charge in [0.1, 0.15) is 0 Å². The van der Waals surface area contributed by atoms with Crippen molar-refractivity contribution in [2.75, 3.05) is 26.2 Å². The molecule has 0 aliphatic carbocycles. The van der Waals surface area contributed by atoms with Crippen LogP contribution in [0.25, 0.3) is 0 Å². The fraction of sp³-hybridized carbons (Fsp3) is 0.800. The molecular weight excluding hydrogens is 224 g/mol. The second kappa shape index (κ2) is 5.45. The van der Waals surface area contributed by atoms with Gasteiger partial charge in [0.25, 0.3) is 0 Å². The van der Waals surface area contributed by atoms with Crippen LogP contribution >= 0.6 is 0 Å². The van der Waals surface area contributed by atoms with E-state index in [4.69, 9.17) is 4.43 Å². The molecule has 0 aromatic rings. The molecule has 0 aromatic heterocycles. The fourth-order valence-corrected chi connectivity index (χ4v) is 2.23. The van der Waals surface area contributed by atoms with E-state index in [2.05, 4.69) is 25.0 Å². The minimum Gasteiger partial charge on any atom is -0.418 e. The number of nitrogens with one attached hydrogen (secondary N) is 1. The van der Waals surface area contributed by atoms with Gasteiger partial charge in [0, 0.05) is 26.2 Å². The van der Waals surface area contributed by atoms with Crippen molar-refractivity contribution in [1.29, 1.82) is 0 Å². The molecule has 0 unspecified atom stereocenters. The van der Waals surface area contributed by atoms with Gasteiger partial charge in [-0.2, -0.15) is 0 Å². The van der Waals surface area contributed by atoms with Crippen molar-refractivity contribution in [3.05, 3.63) is 0 Å². The van der Waals surface area contributed by atoms with Crippen LogP contribution in [0.15, 0.2) is 0 Å². The number of amides is 2. The lowest BCUT2D eigenvalue weighted by atomic mass is 10.3. The van der Waals surface area contributed by atoms with E-state index < -0.39 is 20.1 Å². The van der Waals surface area contributed by atoms with Crippen LogP contribution in [0, 0.1) is 0 Å². The molecule has 6 heteroatoms. The van der Waals surface area contributed by atoms with E-state index in [1.807, 2.05) is 0 Å². The summed E-state index contributed by atoms with van der Waals surface area (Å²) in [5.74, 6) is -0.906. The zero-order valence-corrected chi connectivity index (χ0v) is 11.2. The monoisotopic (exact) mass is 244 g/mol. The molecule has 1 saturated heterocycles. The largest absolute Gasteiger partial charge is 0.418 e. The molecule has 1 aliphatic heterocycles. The quantitative estimate of drug-likeness (QED) is 0.426. The highest BCUT2D eigenvalue weighted by Gasteiger charge is 2.25. The Balaban J connectivity index is 2.22. The van der Waals surface area contributed by atoms with E-state index in [0.29, 0.717) is 26.2 Å². The molecule has 92 valence electrons. The van der Waals surface area contributed by atoms with Crippen LogP contribution in [-0.2, 0) is 14.0 Å². The number of rotatable bonds is 5. The van der Waals surface area contributed by atoms with Gasteiger partial charge in [-0.15, -0.1) is 0 Å². The summed E-state index contributed by atoms with van der Waals surface area (Å²) in [5, 5.41) is 2.52. The number of nitrogens with zero attached hydrogens (tertiary/aromatic N) is 1. The second-order valence-electron chi connectivity index (χ2n) is 4.86. The van der Waals surface area contributed by atoms with Gasteiger partial charge < -0.3 is 14.6 Å². The molecule has 0 bridgehead atoms. The first-order valence-corrected chi connectivity index (χ1v) is 9.02. The van der Waals surface area contributed by atoms with E-state index in [1.54, 1.807) is 4.90 Å². The molecule has 1 rings (SSSR count). The van der Waals surface area contributed by atoms with Crippen molar-refractivity contribution < 1.29 is 14.0 Å². The number of piperazine rings is 1. The molecule has 0 aromatic carbocycles. The van der Waals surface area contributed by atoms with Crippen molar-refractivity contribution in [3.63, 3.8) is 0 Å². The summed E-state index contributed by atoms with van der Waals surface area (Å²) in [4.78, 5) is 24.1. The van der Waals surface area contributed by atoms with Gasteiger partial charge in [-0.3, -0.25) is 9.59 Å². The van der Waals surface area contributed by atoms with Crippen LogP contribution in [0.3, 0.4) is 0 Å². The van der Waals surface area contributed by atoms with Gasteiger partial charge in [0.15, 0.2) is 8.32 Å². The molecular formula is C10H20N2O3Si. The van der Waals surface area contributed by atoms with E-state index in [9.17, 15) is 9.59 Å². The van der Waals surface area contributed by atoms with E-state index in [0.717, 1.165) is 6.42 Å². The topological polar surface area (TPSA) is 58.6 Å². The lowest BCUT2D eigenvalue weighted by Gasteiger charge is -2.26. The standard InChI is InChI=1S/C10H20N2O3Si/c1-16(2,3)15-8-4-6-12-7-5-11-9(13)10(12)14/h4-8H2,1-3H3,(H,11,13). The van der Waals surface area contributed by atoms with Crippen LogP contribution in [0.2, 0.25) is 19.6 Å². The molecule has 0 spiro atoms. The van der Waals surface area contributed by atoms with Crippen LogP contribution in [0.5, 0.6) is 0 Å². The van der Waals surface area contributed by atoms with Crippen LogP contribution in [-0.4, -0.2) is 51.3 Å². The Kier molecular flexibility index (Phi) is 4.49. The first kappa shape index (κ1) is 13.2. The molecule has 1 N–H and O–H groups in total. The minimum absolute atomic E-state index is 0.417. The molecule has 1 heterocycles. The zero-order chi connectivity index (χ0) is 12.2. The van der Waals surface area contributed by atoms with Gasteiger partial charge in [0.05, 0.1) is 0 Å². The van der Waals surface area contributed by atoms with Crippen LogP contribution in [0.1, 0.15) is 6.42 Å². The van der Waals surface area contributed by atoms with Crippen LogP contribution < -0.4 is 5.32 Å². The summed E-state index contributed by atoms with van der Waals surface area (Å²) in [5.41, 5.74) is 0. The molecule has 1 aliphatic rings. The Labute approximate surface area is 97.3 Å². The predicted octanol–water partition coefficient (Wildman–Crippen LogP) is 0.186. The van der Waals surface area contributed by atoms with Crippen molar-refractivity contribution in [2.24, 2.45) is 0 Å². The lowest BCUT2D eigenvalue weighted by Crippen LogP contribution is -2.52. The highest BCUT2D eigenvalue weighted by atomic mass is 28.4. The predicted molar refractivity (Wildman–Crippen MR) is 63.5 cm³/mol. The lowest BCUT2D eigenvalue weighted by molar-refractivity contribution is -0.148. The highest BCUT2D eigenvalue weighted by Crippen LogP contribution is 2.04. The van der Waals surface area contributed by atoms with Gasteiger partial charge in [-0.05, 0) is 26.1 Å². The Morgan fingerprint density at radius 3 is 2.69 bits per heavy atom. The Morgan fingerprint density at radius 2 is 2.06 bits per heavy atom. The summed E-state index contributed by atoms with van der Waals surface area (Å²) < 4.78 is 5.68. The molecule has 5 nitrogen and oxygen atoms in total. The maximum absolute atomic E-state index is 11.4. The van der Waals surface area contributed by atoms with Gasteiger partial charge in [0.2, 0.25) is 0 Å². The number of carbonyl (C=O) groups excluding carboxylic acids is 2. The van der Waals surface area contributed by atoms with Crippen molar-refractivity contribution >= 4 is 20.1 Å². The fourth-order valence-electron chi connectivity index (χ4n) is 1.47. The summed E-state index contributed by atoms with van der Waals surface area (Å²) in [6.45, 7) is 8.83. The molecule has 2 amide bonds. The third-order valence-electron chi connectivity index (χ3n) is 2.26. The Bertz CT molecular complexity index is 276. The number of hydrogen-bond donors (Lipinski definition) is 1. The van der Waals surface area contributed by atoms with Crippen molar-refractivity contribution in [3.8, 4) is 0 Å². The van der Waals surface area contributed by atoms with E-state index in [1.165, 1.54) is 0 Å². The third-order valence-corrected chi connectivity index (χ3v) is 3.33. The maximum Gasteiger partial charge on any atom is 0.311 e. The molecule has 1 fully saturated rings. The summed E-state index contributed by atoms with van der Waals surface area (Å²) in [6, 6.07) is 0. The minimum atomic E-state index is -1.46. The first-order valence-electron chi connectivity index (χ1n) is 5.61. The zero-order valence-electron chi connectivity index (χ0n) is 10.2. The Hall–Kier alpha value is -0.883. The summed E-state index contributed by atoms with van der Waals surface area (Å²) in [7, 11) is -1.46. The van der Waals surface area contributed by atoms with Crippen molar-refractivity contribution in [1.82, 2.24) is 10.2 Å². The van der Waals surface area contributed by atoms with Crippen molar-refractivity contribution in [2.45, 2.75) is 26.1 Å². The van der Waals surface area contributed by atoms with Gasteiger partial charge in [-0.25, -0.2) is 0 Å². The van der Waals surface area contributed by atoms with Gasteiger partial charge in [-0.1, -0.05) is 0 Å². The SMILES string of the molecule is C[Si](C)(C)OCCCN1CCNC(=O)C1=O. The average Bonchev–Trinajstić information content (AvgIpc) is 2.17. The molecule has 0 atom stereocenters. The average molecular weight is 244 g/mol. The molecule has 0 saturated carbocycles. The molecule has 16 heavy (non-hydrogen) atoms. The van der Waals surface area contributed by atoms with E-state index in [-0.39, 0.29) is 0 Å². The number of hydrogen-bond acceptors (Lipinski definition) is 3. The summed E-state index contributed by atoms with van der Waals surface area (Å²) >= 11 is 0. The normalized spacial score (nSPS) is 17.6. The number of carbonyl (C=O) groups is 2. The smallest absolute Gasteiger partial charge is 0.311 e. The maximum atomic E-state index is 11.4. The van der Waals surface area contributed by atoms with E-state index >= 15 is 0 Å². The van der Waals surface area contributed by atoms with Crippen LogP contribution in [0.4, 0.5) is 0 Å². The van der Waals surface area contributed by atoms with Gasteiger partial charge >= 0.3 is 11.8 Å². The second-order valence-corrected chi connectivity index (χ2v) is 9.38. The Morgan fingerprint density at radius 1 is 1.38 bits per heavy atom. The third kappa shape index (κ3) is 4.32.